The van der Waals surface area contributed by atoms with Crippen LogP contribution in [0, 0.1) is 11.8 Å². The van der Waals surface area contributed by atoms with E-state index >= 15 is 0 Å². The van der Waals surface area contributed by atoms with E-state index < -0.39 is 18.3 Å². The van der Waals surface area contributed by atoms with E-state index in [4.69, 9.17) is 9.31 Å². The lowest BCUT2D eigenvalue weighted by molar-refractivity contribution is 0.00578. The fraction of sp³-hybridized carbons (Fsp3) is 0.875. The summed E-state index contributed by atoms with van der Waals surface area (Å²) in [6, 6.07) is 0. The molecule has 0 bridgehead atoms. The molecule has 3 fully saturated rings. The summed E-state index contributed by atoms with van der Waals surface area (Å²) in [4.78, 5) is 0. The van der Waals surface area contributed by atoms with Gasteiger partial charge in [0.2, 0.25) is 0 Å². The minimum Gasteiger partial charge on any atom is -0.398 e. The average molecular weight is 280 g/mol. The minimum atomic E-state index is -0.792. The first-order valence-electron chi connectivity index (χ1n) is 8.03. The van der Waals surface area contributed by atoms with Gasteiger partial charge in [0, 0.05) is 0 Å². The number of hydrogen-bond donors (Lipinski definition) is 0. The predicted molar refractivity (Wildman–Crippen MR) is 78.9 cm³/mol. The van der Waals surface area contributed by atoms with Crippen molar-refractivity contribution in [2.45, 2.75) is 77.4 Å². The van der Waals surface area contributed by atoms with Crippen molar-refractivity contribution in [3.8, 4) is 0 Å². The average Bonchev–Trinajstić information content (AvgIpc) is 2.84. The first-order chi connectivity index (χ1) is 9.30. The Hall–Kier alpha value is -0.345. The van der Waals surface area contributed by atoms with Crippen molar-refractivity contribution in [3.63, 3.8) is 0 Å². The molecule has 4 heteroatoms. The Morgan fingerprint density at radius 2 is 1.50 bits per heavy atom. The van der Waals surface area contributed by atoms with Gasteiger partial charge in [-0.15, -0.1) is 0 Å². The summed E-state index contributed by atoms with van der Waals surface area (Å²) in [6.07, 6.45) is 7.24. The van der Waals surface area contributed by atoms with Gasteiger partial charge in [0.1, 0.15) is 5.73 Å². The van der Waals surface area contributed by atoms with Gasteiger partial charge in [0.15, 0.2) is 0 Å². The Morgan fingerprint density at radius 1 is 1.00 bits per heavy atom. The lowest BCUT2D eigenvalue weighted by atomic mass is 9.67. The molecule has 112 valence electrons. The zero-order valence-corrected chi connectivity index (χ0v) is 13.2. The molecule has 2 nitrogen and oxygen atoms in total. The standard InChI is InChI=1S/C16H26BFO2/c1-15(2)16(3,4)20-17(19-15)14(18)13-9-12(10-13)11-7-5-6-8-11/h11-12H,5-10H2,1-4H3. The third-order valence-electron chi connectivity index (χ3n) is 5.88. The molecule has 20 heavy (non-hydrogen) atoms. The van der Waals surface area contributed by atoms with Crippen molar-refractivity contribution in [1.29, 1.82) is 0 Å². The van der Waals surface area contributed by atoms with E-state index in [-0.39, 0.29) is 5.73 Å². The van der Waals surface area contributed by atoms with Crippen LogP contribution in [0.15, 0.2) is 11.3 Å². The molecule has 3 rings (SSSR count). The van der Waals surface area contributed by atoms with Gasteiger partial charge in [-0.05, 0) is 57.9 Å². The molecule has 0 radical (unpaired) electrons. The van der Waals surface area contributed by atoms with Crippen LogP contribution in [-0.4, -0.2) is 18.3 Å². The zero-order chi connectivity index (χ0) is 14.5. The zero-order valence-electron chi connectivity index (χ0n) is 13.2. The molecular weight excluding hydrogens is 254 g/mol. The van der Waals surface area contributed by atoms with Crippen molar-refractivity contribution < 1.29 is 13.7 Å². The summed E-state index contributed by atoms with van der Waals surface area (Å²) in [6.45, 7) is 7.86. The maximum absolute atomic E-state index is 14.5. The molecule has 2 aliphatic carbocycles. The molecule has 1 saturated heterocycles. The van der Waals surface area contributed by atoms with E-state index in [0.717, 1.165) is 24.3 Å². The second kappa shape index (κ2) is 4.84. The minimum absolute atomic E-state index is 0.155. The molecule has 2 saturated carbocycles. The predicted octanol–water partition coefficient (Wildman–Crippen LogP) is 4.44. The van der Waals surface area contributed by atoms with E-state index in [1.165, 1.54) is 25.7 Å². The van der Waals surface area contributed by atoms with E-state index in [0.29, 0.717) is 5.92 Å². The Balaban J connectivity index is 1.63. The van der Waals surface area contributed by atoms with Gasteiger partial charge in [0.25, 0.3) is 0 Å². The Morgan fingerprint density at radius 3 is 2.00 bits per heavy atom. The Kier molecular flexibility index (Phi) is 3.53. The summed E-state index contributed by atoms with van der Waals surface area (Å²) in [5, 5.41) is 0. The third-order valence-corrected chi connectivity index (χ3v) is 5.88. The lowest BCUT2D eigenvalue weighted by Gasteiger charge is -2.35. The molecule has 1 heterocycles. The van der Waals surface area contributed by atoms with Gasteiger partial charge < -0.3 is 9.31 Å². The molecule has 0 aromatic carbocycles. The normalized spacial score (nSPS) is 32.5. The molecule has 0 spiro atoms. The van der Waals surface area contributed by atoms with Gasteiger partial charge in [-0.1, -0.05) is 25.7 Å². The number of rotatable bonds is 2. The van der Waals surface area contributed by atoms with Gasteiger partial charge in [-0.3, -0.25) is 0 Å². The number of hydrogen-bond acceptors (Lipinski definition) is 2. The van der Waals surface area contributed by atoms with Crippen LogP contribution in [0.25, 0.3) is 0 Å². The van der Waals surface area contributed by atoms with Crippen LogP contribution in [0.5, 0.6) is 0 Å². The van der Waals surface area contributed by atoms with Gasteiger partial charge in [-0.2, -0.15) is 0 Å². The molecule has 0 atom stereocenters. The van der Waals surface area contributed by atoms with E-state index in [9.17, 15) is 4.39 Å². The molecule has 3 aliphatic rings. The monoisotopic (exact) mass is 280 g/mol. The molecule has 0 unspecified atom stereocenters. The summed E-state index contributed by atoms with van der Waals surface area (Å²) in [5.74, 6) is 1.55. The summed E-state index contributed by atoms with van der Waals surface area (Å²) in [5.41, 5.74) is -0.132. The second-order valence-electron chi connectivity index (χ2n) is 7.75. The van der Waals surface area contributed by atoms with Crippen LogP contribution in [0.2, 0.25) is 0 Å². The van der Waals surface area contributed by atoms with Crippen molar-refractivity contribution in [2.75, 3.05) is 0 Å². The summed E-state index contributed by atoms with van der Waals surface area (Å²) in [7, 11) is -0.792. The van der Waals surface area contributed by atoms with Crippen LogP contribution >= 0.6 is 0 Å². The highest BCUT2D eigenvalue weighted by atomic mass is 19.1. The summed E-state index contributed by atoms with van der Waals surface area (Å²) < 4.78 is 26.1. The van der Waals surface area contributed by atoms with E-state index in [2.05, 4.69) is 0 Å². The summed E-state index contributed by atoms with van der Waals surface area (Å²) >= 11 is 0. The highest BCUT2D eigenvalue weighted by molar-refractivity contribution is 6.53. The van der Waals surface area contributed by atoms with Crippen LogP contribution in [0.3, 0.4) is 0 Å². The fourth-order valence-electron chi connectivity index (χ4n) is 3.64. The number of halogens is 1. The third kappa shape index (κ3) is 2.35. The van der Waals surface area contributed by atoms with E-state index in [1.807, 2.05) is 27.7 Å². The van der Waals surface area contributed by atoms with Crippen LogP contribution in [0.1, 0.15) is 66.2 Å². The Bertz CT molecular complexity index is 400. The highest BCUT2D eigenvalue weighted by Crippen LogP contribution is 2.48. The molecular formula is C16H26BFO2. The van der Waals surface area contributed by atoms with E-state index in [1.54, 1.807) is 0 Å². The van der Waals surface area contributed by atoms with Crippen LogP contribution in [0.4, 0.5) is 4.39 Å². The maximum atomic E-state index is 14.5. The topological polar surface area (TPSA) is 18.5 Å². The van der Waals surface area contributed by atoms with Crippen molar-refractivity contribution in [1.82, 2.24) is 0 Å². The van der Waals surface area contributed by atoms with Crippen molar-refractivity contribution in [2.24, 2.45) is 11.8 Å². The smallest absolute Gasteiger partial charge is 0.398 e. The number of allylic oxidation sites excluding steroid dienone is 1. The molecule has 0 aromatic heterocycles. The maximum Gasteiger partial charge on any atom is 0.525 e. The molecule has 0 N–H and O–H groups in total. The molecule has 1 aliphatic heterocycles. The SMILES string of the molecule is CC1(C)OB(C(F)=C2CC(C3CCCC3)C2)OC1(C)C. The van der Waals surface area contributed by atoms with Crippen molar-refractivity contribution >= 4 is 7.12 Å². The van der Waals surface area contributed by atoms with Gasteiger partial charge in [-0.25, -0.2) is 4.39 Å². The quantitative estimate of drug-likeness (QED) is 0.696. The first kappa shape index (κ1) is 14.6. The van der Waals surface area contributed by atoms with Crippen LogP contribution in [-0.2, 0) is 9.31 Å². The van der Waals surface area contributed by atoms with Gasteiger partial charge >= 0.3 is 7.12 Å². The fourth-order valence-corrected chi connectivity index (χ4v) is 3.64. The Labute approximate surface area is 122 Å². The van der Waals surface area contributed by atoms with Gasteiger partial charge in [0.05, 0.1) is 11.2 Å². The van der Waals surface area contributed by atoms with Crippen molar-refractivity contribution in [3.05, 3.63) is 11.3 Å². The largest absolute Gasteiger partial charge is 0.525 e. The lowest BCUT2D eigenvalue weighted by Crippen LogP contribution is -2.41. The molecule has 0 amide bonds. The van der Waals surface area contributed by atoms with Crippen LogP contribution < -0.4 is 0 Å². The molecule has 0 aromatic rings. The second-order valence-corrected chi connectivity index (χ2v) is 7.75. The highest BCUT2D eigenvalue weighted by Gasteiger charge is 2.54. The first-order valence-corrected chi connectivity index (χ1v) is 8.03.